The summed E-state index contributed by atoms with van der Waals surface area (Å²) in [6.45, 7) is 5.04. The molecule has 2 aromatic carbocycles. The zero-order valence-electron chi connectivity index (χ0n) is 14.1. The van der Waals surface area contributed by atoms with Gasteiger partial charge in [-0.05, 0) is 47.9 Å². The summed E-state index contributed by atoms with van der Waals surface area (Å²) >= 11 is 0. The quantitative estimate of drug-likeness (QED) is 0.641. The number of ether oxygens (including phenoxy) is 1. The molecule has 0 spiro atoms. The first kappa shape index (κ1) is 16.1. The van der Waals surface area contributed by atoms with Crippen molar-refractivity contribution in [3.05, 3.63) is 84.2 Å². The van der Waals surface area contributed by atoms with Crippen LogP contribution in [-0.4, -0.2) is 4.98 Å². The van der Waals surface area contributed by atoms with Crippen LogP contribution in [0.4, 0.5) is 5.69 Å². The Kier molecular flexibility index (Phi) is 5.12. The maximum absolute atomic E-state index is 5.89. The Bertz CT molecular complexity index is 785. The summed E-state index contributed by atoms with van der Waals surface area (Å²) in [6.07, 6.45) is 1.84. The Hall–Kier alpha value is -2.81. The molecule has 0 saturated carbocycles. The molecule has 3 rings (SSSR count). The van der Waals surface area contributed by atoms with Crippen LogP contribution in [0.25, 0.3) is 0 Å². The molecule has 0 bridgehead atoms. The van der Waals surface area contributed by atoms with E-state index in [-0.39, 0.29) is 0 Å². The normalized spacial score (nSPS) is 10.6. The number of nitrogens with one attached hydrogen (secondary N) is 1. The van der Waals surface area contributed by atoms with Crippen molar-refractivity contribution >= 4 is 5.69 Å². The summed E-state index contributed by atoms with van der Waals surface area (Å²) in [6, 6.07) is 22.0. The van der Waals surface area contributed by atoms with E-state index in [1.807, 2.05) is 54.7 Å². The Morgan fingerprint density at radius 1 is 0.917 bits per heavy atom. The van der Waals surface area contributed by atoms with Gasteiger partial charge in [-0.15, -0.1) is 0 Å². The minimum atomic E-state index is 0.390. The van der Waals surface area contributed by atoms with Crippen LogP contribution in [0.2, 0.25) is 0 Å². The van der Waals surface area contributed by atoms with Gasteiger partial charge in [-0.1, -0.05) is 44.2 Å². The van der Waals surface area contributed by atoms with Crippen molar-refractivity contribution in [1.82, 2.24) is 4.98 Å². The van der Waals surface area contributed by atoms with Crippen molar-refractivity contribution in [1.29, 1.82) is 0 Å². The highest BCUT2D eigenvalue weighted by molar-refractivity contribution is 5.49. The van der Waals surface area contributed by atoms with Crippen molar-refractivity contribution in [2.45, 2.75) is 26.3 Å². The maximum Gasteiger partial charge on any atom is 0.127 e. The molecule has 0 saturated heterocycles. The number of anilines is 1. The van der Waals surface area contributed by atoms with Crippen LogP contribution in [0.5, 0.6) is 11.5 Å². The molecule has 122 valence electrons. The van der Waals surface area contributed by atoms with Crippen LogP contribution in [0, 0.1) is 0 Å². The minimum absolute atomic E-state index is 0.390. The predicted octanol–water partition coefficient (Wildman–Crippen LogP) is 5.61. The van der Waals surface area contributed by atoms with Crippen LogP contribution >= 0.6 is 0 Å². The SMILES string of the molecule is CC(C)c1ncccc1NCc1cccc(Oc2ccccc2)c1. The van der Waals surface area contributed by atoms with Crippen LogP contribution in [-0.2, 0) is 6.54 Å². The fraction of sp³-hybridized carbons (Fsp3) is 0.190. The first-order valence-corrected chi connectivity index (χ1v) is 8.23. The largest absolute Gasteiger partial charge is 0.457 e. The number of aromatic nitrogens is 1. The van der Waals surface area contributed by atoms with E-state index in [1.165, 1.54) is 5.56 Å². The van der Waals surface area contributed by atoms with Crippen molar-refractivity contribution < 1.29 is 4.74 Å². The van der Waals surface area contributed by atoms with E-state index in [2.05, 4.69) is 42.3 Å². The number of nitrogens with zero attached hydrogens (tertiary/aromatic N) is 1. The van der Waals surface area contributed by atoms with Crippen LogP contribution in [0.1, 0.15) is 31.0 Å². The monoisotopic (exact) mass is 318 g/mol. The first-order chi connectivity index (χ1) is 11.7. The molecule has 0 radical (unpaired) electrons. The molecule has 1 N–H and O–H groups in total. The number of benzene rings is 2. The van der Waals surface area contributed by atoms with Gasteiger partial charge in [0, 0.05) is 12.7 Å². The van der Waals surface area contributed by atoms with E-state index in [0.29, 0.717) is 5.92 Å². The number of pyridine rings is 1. The van der Waals surface area contributed by atoms with Gasteiger partial charge in [0.2, 0.25) is 0 Å². The lowest BCUT2D eigenvalue weighted by molar-refractivity contribution is 0.482. The zero-order chi connectivity index (χ0) is 16.8. The second-order valence-electron chi connectivity index (χ2n) is 6.01. The minimum Gasteiger partial charge on any atom is -0.457 e. The van der Waals surface area contributed by atoms with Gasteiger partial charge < -0.3 is 10.1 Å². The van der Waals surface area contributed by atoms with E-state index in [0.717, 1.165) is 29.4 Å². The summed E-state index contributed by atoms with van der Waals surface area (Å²) in [5.41, 5.74) is 3.35. The van der Waals surface area contributed by atoms with Gasteiger partial charge in [-0.25, -0.2) is 0 Å². The van der Waals surface area contributed by atoms with E-state index >= 15 is 0 Å². The van der Waals surface area contributed by atoms with E-state index in [1.54, 1.807) is 0 Å². The third-order valence-corrected chi connectivity index (χ3v) is 3.75. The highest BCUT2D eigenvalue weighted by Gasteiger charge is 2.07. The molecule has 1 aromatic heterocycles. The first-order valence-electron chi connectivity index (χ1n) is 8.23. The predicted molar refractivity (Wildman–Crippen MR) is 98.6 cm³/mol. The van der Waals surface area contributed by atoms with Gasteiger partial charge in [-0.3, -0.25) is 4.98 Å². The molecule has 0 unspecified atom stereocenters. The average Bonchev–Trinajstić information content (AvgIpc) is 2.61. The number of hydrogen-bond acceptors (Lipinski definition) is 3. The molecule has 0 amide bonds. The Morgan fingerprint density at radius 3 is 2.50 bits per heavy atom. The molecule has 0 aliphatic carbocycles. The molecule has 1 heterocycles. The second kappa shape index (κ2) is 7.64. The van der Waals surface area contributed by atoms with E-state index in [4.69, 9.17) is 4.74 Å². The summed E-state index contributed by atoms with van der Waals surface area (Å²) < 4.78 is 5.89. The number of rotatable bonds is 6. The average molecular weight is 318 g/mol. The van der Waals surface area contributed by atoms with Crippen LogP contribution in [0.15, 0.2) is 72.9 Å². The molecule has 0 fully saturated rings. The summed E-state index contributed by atoms with van der Waals surface area (Å²) in [5.74, 6) is 2.08. The molecular weight excluding hydrogens is 296 g/mol. The lowest BCUT2D eigenvalue weighted by Crippen LogP contribution is -2.05. The van der Waals surface area contributed by atoms with Crippen LogP contribution in [0.3, 0.4) is 0 Å². The second-order valence-corrected chi connectivity index (χ2v) is 6.01. The standard InChI is InChI=1S/C21H22N2O/c1-16(2)21-20(12-7-13-22-21)23-15-17-8-6-11-19(14-17)24-18-9-4-3-5-10-18/h3-14,16,23H,15H2,1-2H3. The van der Waals surface area contributed by atoms with Gasteiger partial charge >= 0.3 is 0 Å². The lowest BCUT2D eigenvalue weighted by atomic mass is 10.1. The topological polar surface area (TPSA) is 34.2 Å². The number of para-hydroxylation sites is 1. The van der Waals surface area contributed by atoms with Crippen molar-refractivity contribution in [2.75, 3.05) is 5.32 Å². The molecule has 24 heavy (non-hydrogen) atoms. The third kappa shape index (κ3) is 4.13. The van der Waals surface area contributed by atoms with Gasteiger partial charge in [-0.2, -0.15) is 0 Å². The fourth-order valence-electron chi connectivity index (χ4n) is 2.57. The van der Waals surface area contributed by atoms with Crippen LogP contribution < -0.4 is 10.1 Å². The molecule has 3 aromatic rings. The smallest absolute Gasteiger partial charge is 0.127 e. The van der Waals surface area contributed by atoms with Crippen molar-refractivity contribution in [2.24, 2.45) is 0 Å². The van der Waals surface area contributed by atoms with Gasteiger partial charge in [0.1, 0.15) is 11.5 Å². The molecular formula is C21H22N2O. The molecule has 0 aliphatic heterocycles. The Morgan fingerprint density at radius 2 is 1.71 bits per heavy atom. The third-order valence-electron chi connectivity index (χ3n) is 3.75. The summed E-state index contributed by atoms with van der Waals surface area (Å²) in [4.78, 5) is 4.48. The lowest BCUT2D eigenvalue weighted by Gasteiger charge is -2.14. The highest BCUT2D eigenvalue weighted by atomic mass is 16.5. The van der Waals surface area contributed by atoms with E-state index < -0.39 is 0 Å². The highest BCUT2D eigenvalue weighted by Crippen LogP contribution is 2.24. The zero-order valence-corrected chi connectivity index (χ0v) is 14.1. The fourth-order valence-corrected chi connectivity index (χ4v) is 2.57. The van der Waals surface area contributed by atoms with E-state index in [9.17, 15) is 0 Å². The van der Waals surface area contributed by atoms with Crippen molar-refractivity contribution in [3.8, 4) is 11.5 Å². The van der Waals surface area contributed by atoms with Gasteiger partial charge in [0.15, 0.2) is 0 Å². The van der Waals surface area contributed by atoms with Crippen molar-refractivity contribution in [3.63, 3.8) is 0 Å². The molecule has 0 aliphatic rings. The Labute approximate surface area is 143 Å². The maximum atomic E-state index is 5.89. The Balaban J connectivity index is 1.69. The summed E-state index contributed by atoms with van der Waals surface area (Å²) in [7, 11) is 0. The molecule has 3 nitrogen and oxygen atoms in total. The molecule has 3 heteroatoms. The van der Waals surface area contributed by atoms with Gasteiger partial charge in [0.25, 0.3) is 0 Å². The number of hydrogen-bond donors (Lipinski definition) is 1. The summed E-state index contributed by atoms with van der Waals surface area (Å²) in [5, 5.41) is 3.48. The molecule has 0 atom stereocenters. The van der Waals surface area contributed by atoms with Gasteiger partial charge in [0.05, 0.1) is 11.4 Å².